The monoisotopic (exact) mass is 244 g/mol. The lowest BCUT2D eigenvalue weighted by molar-refractivity contribution is -0.148. The lowest BCUT2D eigenvalue weighted by Gasteiger charge is -2.10. The van der Waals surface area contributed by atoms with Gasteiger partial charge in [-0.25, -0.2) is 0 Å². The minimum absolute atomic E-state index is 0.0121. The molecule has 0 spiro atoms. The topological polar surface area (TPSA) is 63.6 Å². The summed E-state index contributed by atoms with van der Waals surface area (Å²) in [5.74, 6) is -0.855. The van der Waals surface area contributed by atoms with E-state index in [2.05, 4.69) is 0 Å². The Hall–Kier alpha value is -1.06. The van der Waals surface area contributed by atoms with Gasteiger partial charge in [0.1, 0.15) is 0 Å². The number of esters is 1. The zero-order valence-corrected chi connectivity index (χ0v) is 10.9. The highest BCUT2D eigenvalue weighted by Gasteiger charge is 2.06. The van der Waals surface area contributed by atoms with Gasteiger partial charge in [-0.1, -0.05) is 26.2 Å². The molecule has 1 atom stereocenters. The number of hydrogen-bond acceptors (Lipinski definition) is 3. The molecule has 17 heavy (non-hydrogen) atoms. The van der Waals surface area contributed by atoms with E-state index >= 15 is 0 Å². The van der Waals surface area contributed by atoms with E-state index in [0.29, 0.717) is 6.42 Å². The normalized spacial score (nSPS) is 12.1. The molecule has 0 aliphatic rings. The number of rotatable bonds is 10. The molecule has 0 bridgehead atoms. The molecule has 0 aromatic rings. The Morgan fingerprint density at radius 3 is 2.12 bits per heavy atom. The molecule has 0 rings (SSSR count). The Balaban J connectivity index is 3.27. The minimum Gasteiger partial charge on any atom is -0.481 e. The van der Waals surface area contributed by atoms with Crippen LogP contribution in [0.15, 0.2) is 0 Å². The van der Waals surface area contributed by atoms with Crippen molar-refractivity contribution in [3.63, 3.8) is 0 Å². The van der Waals surface area contributed by atoms with Gasteiger partial charge in [-0.15, -0.1) is 0 Å². The number of carboxylic acids is 1. The molecule has 0 aliphatic heterocycles. The third-order valence-corrected chi connectivity index (χ3v) is 2.68. The first kappa shape index (κ1) is 15.9. The fourth-order valence-corrected chi connectivity index (χ4v) is 1.44. The van der Waals surface area contributed by atoms with Crippen molar-refractivity contribution in [1.29, 1.82) is 0 Å². The van der Waals surface area contributed by atoms with Crippen molar-refractivity contribution in [2.45, 2.75) is 71.3 Å². The molecule has 0 amide bonds. The largest absolute Gasteiger partial charge is 0.481 e. The summed E-state index contributed by atoms with van der Waals surface area (Å²) in [6.07, 6.45) is 6.03. The molecule has 4 nitrogen and oxygen atoms in total. The molecule has 0 aliphatic carbocycles. The molecule has 1 unspecified atom stereocenters. The van der Waals surface area contributed by atoms with Crippen LogP contribution in [0.25, 0.3) is 0 Å². The molecule has 100 valence electrons. The first-order valence-electron chi connectivity index (χ1n) is 6.47. The molecule has 1 N–H and O–H groups in total. The second-order valence-electron chi connectivity index (χ2n) is 4.37. The van der Waals surface area contributed by atoms with Crippen molar-refractivity contribution in [2.24, 2.45) is 0 Å². The number of hydrogen-bond donors (Lipinski definition) is 1. The summed E-state index contributed by atoms with van der Waals surface area (Å²) >= 11 is 0. The van der Waals surface area contributed by atoms with E-state index in [1.54, 1.807) is 0 Å². The third kappa shape index (κ3) is 11.2. The second kappa shape index (κ2) is 10.1. The van der Waals surface area contributed by atoms with Gasteiger partial charge in [-0.3, -0.25) is 9.59 Å². The summed E-state index contributed by atoms with van der Waals surface area (Å²) in [4.78, 5) is 21.5. The Morgan fingerprint density at radius 2 is 1.59 bits per heavy atom. The average molecular weight is 244 g/mol. The van der Waals surface area contributed by atoms with Gasteiger partial charge in [-0.2, -0.15) is 0 Å². The molecular weight excluding hydrogens is 220 g/mol. The van der Waals surface area contributed by atoms with Crippen LogP contribution in [0.5, 0.6) is 0 Å². The zero-order valence-electron chi connectivity index (χ0n) is 10.9. The summed E-state index contributed by atoms with van der Waals surface area (Å²) in [6, 6.07) is 0. The van der Waals surface area contributed by atoms with Crippen LogP contribution >= 0.6 is 0 Å². The molecule has 0 saturated carbocycles. The van der Waals surface area contributed by atoms with Crippen LogP contribution in [-0.2, 0) is 14.3 Å². The van der Waals surface area contributed by atoms with Crippen molar-refractivity contribution in [1.82, 2.24) is 0 Å². The third-order valence-electron chi connectivity index (χ3n) is 2.68. The van der Waals surface area contributed by atoms with Crippen LogP contribution in [0.1, 0.15) is 65.2 Å². The highest BCUT2D eigenvalue weighted by atomic mass is 16.5. The van der Waals surface area contributed by atoms with Crippen LogP contribution in [0.4, 0.5) is 0 Å². The lowest BCUT2D eigenvalue weighted by atomic mass is 10.1. The van der Waals surface area contributed by atoms with Gasteiger partial charge in [0.15, 0.2) is 0 Å². The van der Waals surface area contributed by atoms with Gasteiger partial charge in [0.2, 0.25) is 0 Å². The number of carboxylic acid groups (broad SMARTS) is 1. The van der Waals surface area contributed by atoms with Gasteiger partial charge >= 0.3 is 11.9 Å². The van der Waals surface area contributed by atoms with E-state index in [1.165, 1.54) is 0 Å². The van der Waals surface area contributed by atoms with E-state index in [1.807, 2.05) is 13.8 Å². The van der Waals surface area contributed by atoms with Crippen molar-refractivity contribution in [2.75, 3.05) is 0 Å². The minimum atomic E-state index is -0.734. The second-order valence-corrected chi connectivity index (χ2v) is 4.37. The number of ether oxygens (including phenoxy) is 1. The van der Waals surface area contributed by atoms with Crippen LogP contribution in [0.2, 0.25) is 0 Å². The van der Waals surface area contributed by atoms with E-state index in [9.17, 15) is 9.59 Å². The lowest BCUT2D eigenvalue weighted by Crippen LogP contribution is -2.13. The van der Waals surface area contributed by atoms with Crippen LogP contribution in [-0.4, -0.2) is 23.1 Å². The summed E-state index contributed by atoms with van der Waals surface area (Å²) < 4.78 is 5.14. The Labute approximate surface area is 103 Å². The van der Waals surface area contributed by atoms with Gasteiger partial charge in [0, 0.05) is 12.8 Å². The summed E-state index contributed by atoms with van der Waals surface area (Å²) in [7, 11) is 0. The number of aliphatic carboxylic acids is 1. The standard InChI is InChI=1S/C13H24O4/c1-3-11(2)17-13(16)10-8-6-4-5-7-9-12(14)15/h11H,3-10H2,1-2H3,(H,14,15). The number of carbonyl (C=O) groups excluding carboxylic acids is 1. The van der Waals surface area contributed by atoms with Crippen molar-refractivity contribution in [3.8, 4) is 0 Å². The molecule has 0 saturated heterocycles. The molecule has 0 fully saturated rings. The van der Waals surface area contributed by atoms with E-state index in [-0.39, 0.29) is 18.5 Å². The Kier molecular flexibility index (Phi) is 9.49. The van der Waals surface area contributed by atoms with Crippen LogP contribution in [0.3, 0.4) is 0 Å². The zero-order chi connectivity index (χ0) is 13.1. The highest BCUT2D eigenvalue weighted by molar-refractivity contribution is 5.69. The molecule has 0 aromatic carbocycles. The smallest absolute Gasteiger partial charge is 0.306 e. The maximum atomic E-state index is 11.3. The fourth-order valence-electron chi connectivity index (χ4n) is 1.44. The number of carbonyl (C=O) groups is 2. The Morgan fingerprint density at radius 1 is 1.06 bits per heavy atom. The molecule has 0 aromatic heterocycles. The first-order chi connectivity index (χ1) is 8.06. The van der Waals surface area contributed by atoms with Crippen molar-refractivity contribution < 1.29 is 19.4 Å². The summed E-state index contributed by atoms with van der Waals surface area (Å²) in [5, 5.41) is 8.44. The van der Waals surface area contributed by atoms with Gasteiger partial charge in [0.25, 0.3) is 0 Å². The Bertz CT molecular complexity index is 225. The SMILES string of the molecule is CCC(C)OC(=O)CCCCCCCC(=O)O. The molecule has 0 radical (unpaired) electrons. The molecular formula is C13H24O4. The molecule has 0 heterocycles. The highest BCUT2D eigenvalue weighted by Crippen LogP contribution is 2.08. The summed E-state index contributed by atoms with van der Waals surface area (Å²) in [5.41, 5.74) is 0. The quantitative estimate of drug-likeness (QED) is 0.473. The first-order valence-corrected chi connectivity index (χ1v) is 6.47. The van der Waals surface area contributed by atoms with Gasteiger partial charge in [-0.05, 0) is 26.2 Å². The number of unbranched alkanes of at least 4 members (excludes halogenated alkanes) is 4. The van der Waals surface area contributed by atoms with Crippen molar-refractivity contribution in [3.05, 3.63) is 0 Å². The maximum absolute atomic E-state index is 11.3. The van der Waals surface area contributed by atoms with E-state index in [0.717, 1.165) is 38.5 Å². The van der Waals surface area contributed by atoms with Crippen LogP contribution < -0.4 is 0 Å². The van der Waals surface area contributed by atoms with Crippen LogP contribution in [0, 0.1) is 0 Å². The van der Waals surface area contributed by atoms with E-state index in [4.69, 9.17) is 9.84 Å². The van der Waals surface area contributed by atoms with Gasteiger partial charge in [0.05, 0.1) is 6.10 Å². The van der Waals surface area contributed by atoms with Gasteiger partial charge < -0.3 is 9.84 Å². The van der Waals surface area contributed by atoms with E-state index < -0.39 is 5.97 Å². The predicted octanol–water partition coefficient (Wildman–Crippen LogP) is 3.14. The molecule has 4 heteroatoms. The maximum Gasteiger partial charge on any atom is 0.306 e. The van der Waals surface area contributed by atoms with Crippen molar-refractivity contribution >= 4 is 11.9 Å². The fraction of sp³-hybridized carbons (Fsp3) is 0.846. The summed E-state index contributed by atoms with van der Waals surface area (Å²) in [6.45, 7) is 3.88. The average Bonchev–Trinajstić information content (AvgIpc) is 2.27. The predicted molar refractivity (Wildman–Crippen MR) is 65.8 cm³/mol.